The molecule has 0 aliphatic heterocycles. The van der Waals surface area contributed by atoms with Gasteiger partial charge in [-0.15, -0.1) is 0 Å². The normalized spacial score (nSPS) is 9.39. The third-order valence-electron chi connectivity index (χ3n) is 2.82. The van der Waals surface area contributed by atoms with Gasteiger partial charge in [-0.05, 0) is 29.8 Å². The summed E-state index contributed by atoms with van der Waals surface area (Å²) in [4.78, 5) is 28.2. The van der Waals surface area contributed by atoms with E-state index in [2.05, 4.69) is 25.9 Å². The van der Waals surface area contributed by atoms with Crippen molar-refractivity contribution in [3.05, 3.63) is 34.3 Å². The van der Waals surface area contributed by atoms with Crippen molar-refractivity contribution in [3.63, 3.8) is 0 Å². The first-order chi connectivity index (χ1) is 12.7. The molecule has 0 spiro atoms. The van der Waals surface area contributed by atoms with Crippen LogP contribution in [0.25, 0.3) is 0 Å². The zero-order valence-corrected chi connectivity index (χ0v) is 15.9. The SMILES string of the molecule is C.CCOc1cc(Br)nc(C(=O)O)c1O.CCOc1ccnc(C(=O)O)c1O. The molecule has 2 heterocycles. The lowest BCUT2D eigenvalue weighted by Crippen LogP contribution is -2.03. The minimum atomic E-state index is -1.30. The number of aromatic nitrogens is 2. The molecule has 0 saturated heterocycles. The predicted molar refractivity (Wildman–Crippen MR) is 102 cm³/mol. The van der Waals surface area contributed by atoms with Crippen LogP contribution in [0, 0.1) is 0 Å². The molecule has 2 rings (SSSR count). The summed E-state index contributed by atoms with van der Waals surface area (Å²) in [5, 5.41) is 36.0. The fourth-order valence-electron chi connectivity index (χ4n) is 1.76. The number of rotatable bonds is 6. The third-order valence-corrected chi connectivity index (χ3v) is 3.22. The number of aromatic carboxylic acids is 2. The second-order valence-corrected chi connectivity index (χ2v) is 5.44. The van der Waals surface area contributed by atoms with Gasteiger partial charge in [-0.2, -0.15) is 0 Å². The smallest absolute Gasteiger partial charge is 0.358 e. The van der Waals surface area contributed by atoms with Crippen LogP contribution in [-0.2, 0) is 0 Å². The molecule has 0 bridgehead atoms. The molecule has 154 valence electrons. The van der Waals surface area contributed by atoms with Crippen LogP contribution in [0.5, 0.6) is 23.0 Å². The Kier molecular flexibility index (Phi) is 10.3. The Labute approximate surface area is 169 Å². The summed E-state index contributed by atoms with van der Waals surface area (Å²) < 4.78 is 10.3. The lowest BCUT2D eigenvalue weighted by molar-refractivity contribution is 0.0674. The van der Waals surface area contributed by atoms with Crippen molar-refractivity contribution < 1.29 is 39.5 Å². The Balaban J connectivity index is 0.000000504. The highest BCUT2D eigenvalue weighted by molar-refractivity contribution is 9.10. The number of hydrogen-bond donors (Lipinski definition) is 4. The van der Waals surface area contributed by atoms with E-state index < -0.39 is 34.8 Å². The largest absolute Gasteiger partial charge is 0.503 e. The minimum Gasteiger partial charge on any atom is -0.503 e. The number of carboxylic acids is 2. The average Bonchev–Trinajstić information content (AvgIpc) is 2.60. The van der Waals surface area contributed by atoms with Gasteiger partial charge in [0.1, 0.15) is 4.60 Å². The topological polar surface area (TPSA) is 159 Å². The van der Waals surface area contributed by atoms with Crippen molar-refractivity contribution in [1.29, 1.82) is 0 Å². The summed E-state index contributed by atoms with van der Waals surface area (Å²) in [7, 11) is 0. The molecular weight excluding hydrogens is 440 g/mol. The molecule has 0 atom stereocenters. The van der Waals surface area contributed by atoms with Crippen molar-refractivity contribution in [2.75, 3.05) is 13.2 Å². The van der Waals surface area contributed by atoms with Crippen molar-refractivity contribution in [2.24, 2.45) is 0 Å². The van der Waals surface area contributed by atoms with Crippen LogP contribution in [-0.4, -0.2) is 55.5 Å². The summed E-state index contributed by atoms with van der Waals surface area (Å²) >= 11 is 3.02. The molecule has 0 unspecified atom stereocenters. The van der Waals surface area contributed by atoms with E-state index in [0.29, 0.717) is 17.8 Å². The Hall–Kier alpha value is -3.08. The summed E-state index contributed by atoms with van der Waals surface area (Å²) in [6, 6.07) is 2.82. The number of carbonyl (C=O) groups is 2. The Morgan fingerprint density at radius 3 is 2.00 bits per heavy atom. The maximum Gasteiger partial charge on any atom is 0.358 e. The van der Waals surface area contributed by atoms with Crippen LogP contribution in [0.2, 0.25) is 0 Å². The Morgan fingerprint density at radius 2 is 1.50 bits per heavy atom. The van der Waals surface area contributed by atoms with Gasteiger partial charge in [-0.25, -0.2) is 19.6 Å². The van der Waals surface area contributed by atoms with Crippen LogP contribution in [0.15, 0.2) is 22.9 Å². The zero-order valence-electron chi connectivity index (χ0n) is 14.3. The summed E-state index contributed by atoms with van der Waals surface area (Å²) in [5.74, 6) is -3.23. The van der Waals surface area contributed by atoms with E-state index in [9.17, 15) is 19.8 Å². The monoisotopic (exact) mass is 460 g/mol. The van der Waals surface area contributed by atoms with Crippen molar-refractivity contribution in [1.82, 2.24) is 9.97 Å². The molecular formula is C17H21BrN2O8. The van der Waals surface area contributed by atoms with Crippen molar-refractivity contribution >= 4 is 27.9 Å². The summed E-state index contributed by atoms with van der Waals surface area (Å²) in [6.07, 6.45) is 1.27. The van der Waals surface area contributed by atoms with Gasteiger partial charge < -0.3 is 29.9 Å². The summed E-state index contributed by atoms with van der Waals surface area (Å²) in [5.41, 5.74) is -0.825. The first kappa shape index (κ1) is 24.9. The van der Waals surface area contributed by atoms with Gasteiger partial charge in [0, 0.05) is 18.3 Å². The van der Waals surface area contributed by atoms with E-state index in [1.165, 1.54) is 18.3 Å². The lowest BCUT2D eigenvalue weighted by Gasteiger charge is -2.07. The maximum absolute atomic E-state index is 10.6. The molecule has 4 N–H and O–H groups in total. The van der Waals surface area contributed by atoms with Crippen molar-refractivity contribution in [2.45, 2.75) is 21.3 Å². The second-order valence-electron chi connectivity index (χ2n) is 4.62. The van der Waals surface area contributed by atoms with E-state index in [-0.39, 0.29) is 18.9 Å². The Bertz CT molecular complexity index is 829. The van der Waals surface area contributed by atoms with Gasteiger partial charge in [0.25, 0.3) is 0 Å². The van der Waals surface area contributed by atoms with Crippen LogP contribution >= 0.6 is 15.9 Å². The summed E-state index contributed by atoms with van der Waals surface area (Å²) in [6.45, 7) is 4.16. The number of nitrogens with zero attached hydrogens (tertiary/aromatic N) is 2. The first-order valence-corrected chi connectivity index (χ1v) is 8.31. The molecule has 0 radical (unpaired) electrons. The first-order valence-electron chi connectivity index (χ1n) is 7.52. The molecule has 0 saturated carbocycles. The maximum atomic E-state index is 10.6. The van der Waals surface area contributed by atoms with Crippen LogP contribution in [0.3, 0.4) is 0 Å². The second kappa shape index (κ2) is 11.6. The molecule has 0 aromatic carbocycles. The highest BCUT2D eigenvalue weighted by atomic mass is 79.9. The molecule has 2 aromatic heterocycles. The van der Waals surface area contributed by atoms with Crippen LogP contribution in [0.4, 0.5) is 0 Å². The number of aromatic hydroxyl groups is 2. The van der Waals surface area contributed by atoms with Gasteiger partial charge >= 0.3 is 11.9 Å². The zero-order chi connectivity index (χ0) is 20.6. The number of pyridine rings is 2. The van der Waals surface area contributed by atoms with Gasteiger partial charge in [-0.3, -0.25) is 0 Å². The molecule has 0 aliphatic rings. The third kappa shape index (κ3) is 6.58. The fourth-order valence-corrected chi connectivity index (χ4v) is 2.15. The van der Waals surface area contributed by atoms with Crippen molar-refractivity contribution in [3.8, 4) is 23.0 Å². The van der Waals surface area contributed by atoms with Gasteiger partial charge in [0.15, 0.2) is 34.4 Å². The molecule has 28 heavy (non-hydrogen) atoms. The number of ether oxygens (including phenoxy) is 2. The quantitative estimate of drug-likeness (QED) is 0.471. The molecule has 0 fully saturated rings. The molecule has 2 aromatic rings. The number of hydrogen-bond acceptors (Lipinski definition) is 8. The lowest BCUT2D eigenvalue weighted by atomic mass is 10.3. The van der Waals surface area contributed by atoms with E-state index >= 15 is 0 Å². The van der Waals surface area contributed by atoms with E-state index in [1.807, 2.05) is 0 Å². The highest BCUT2D eigenvalue weighted by Crippen LogP contribution is 2.31. The molecule has 11 heteroatoms. The van der Waals surface area contributed by atoms with Gasteiger partial charge in [-0.1, -0.05) is 7.43 Å². The van der Waals surface area contributed by atoms with E-state index in [4.69, 9.17) is 19.7 Å². The Morgan fingerprint density at radius 1 is 1.00 bits per heavy atom. The minimum absolute atomic E-state index is 0. The fraction of sp³-hybridized carbons (Fsp3) is 0.294. The standard InChI is InChI=1S/C8H8BrNO4.C8H9NO4.CH4/c1-2-14-4-3-5(9)10-6(7(4)11)8(12)13;1-2-13-5-3-4-9-6(7(5)10)8(11)12;/h3,11H,2H2,1H3,(H,12,13);3-4,10H,2H2,1H3,(H,11,12);1H4. The molecule has 0 aliphatic carbocycles. The average molecular weight is 461 g/mol. The van der Waals surface area contributed by atoms with Crippen LogP contribution in [0.1, 0.15) is 42.3 Å². The van der Waals surface area contributed by atoms with Gasteiger partial charge in [0.2, 0.25) is 0 Å². The van der Waals surface area contributed by atoms with Gasteiger partial charge in [0.05, 0.1) is 13.2 Å². The number of halogens is 1. The molecule has 0 amide bonds. The highest BCUT2D eigenvalue weighted by Gasteiger charge is 2.17. The molecule has 10 nitrogen and oxygen atoms in total. The van der Waals surface area contributed by atoms with Crippen LogP contribution < -0.4 is 9.47 Å². The number of carboxylic acid groups (broad SMARTS) is 2. The van der Waals surface area contributed by atoms with E-state index in [0.717, 1.165) is 0 Å². The van der Waals surface area contributed by atoms with E-state index in [1.54, 1.807) is 13.8 Å². The predicted octanol–water partition coefficient (Wildman–Crippen LogP) is 3.17.